The van der Waals surface area contributed by atoms with E-state index in [2.05, 4.69) is 10.6 Å². The molecule has 1 aliphatic heterocycles. The molecule has 3 atom stereocenters. The van der Waals surface area contributed by atoms with E-state index in [1.165, 1.54) is 0 Å². The predicted molar refractivity (Wildman–Crippen MR) is 67.7 cm³/mol. The van der Waals surface area contributed by atoms with E-state index in [4.69, 9.17) is 10.5 Å². The fourth-order valence-electron chi connectivity index (χ4n) is 2.10. The fraction of sp³-hybridized carbons (Fsp3) is 0.833. The Balaban J connectivity index is 2.60. The first-order valence-electron chi connectivity index (χ1n) is 6.38. The van der Waals surface area contributed by atoms with Crippen molar-refractivity contribution in [2.45, 2.75) is 32.9 Å². The smallest absolute Gasteiger partial charge is 0.240 e. The van der Waals surface area contributed by atoms with Crippen molar-refractivity contribution in [3.8, 4) is 0 Å². The van der Waals surface area contributed by atoms with E-state index < -0.39 is 11.9 Å². The van der Waals surface area contributed by atoms with Gasteiger partial charge in [-0.2, -0.15) is 0 Å². The van der Waals surface area contributed by atoms with Gasteiger partial charge in [-0.1, -0.05) is 20.8 Å². The largest absolute Gasteiger partial charge is 0.379 e. The Morgan fingerprint density at radius 3 is 2.56 bits per heavy atom. The molecular weight excluding hydrogens is 234 g/mol. The highest BCUT2D eigenvalue weighted by atomic mass is 16.5. The van der Waals surface area contributed by atoms with Crippen molar-refractivity contribution in [2.24, 2.45) is 17.6 Å². The van der Waals surface area contributed by atoms with Crippen molar-refractivity contribution in [2.75, 3.05) is 19.8 Å². The van der Waals surface area contributed by atoms with E-state index in [-0.39, 0.29) is 23.8 Å². The van der Waals surface area contributed by atoms with Crippen LogP contribution in [-0.4, -0.2) is 43.7 Å². The van der Waals surface area contributed by atoms with Crippen LogP contribution in [0.1, 0.15) is 20.8 Å². The number of likely N-dealkylation sites (N-methyl/N-ethyl adjacent to an activating group) is 1. The number of carbonyl (C=O) groups excluding carboxylic acids is 2. The molecule has 1 rings (SSSR count). The van der Waals surface area contributed by atoms with Gasteiger partial charge < -0.3 is 21.1 Å². The molecule has 0 aliphatic carbocycles. The number of nitrogens with one attached hydrogen (secondary N) is 2. The van der Waals surface area contributed by atoms with Crippen molar-refractivity contribution in [3.63, 3.8) is 0 Å². The number of hydrogen-bond donors (Lipinski definition) is 3. The number of nitrogens with two attached hydrogens (primary N) is 1. The monoisotopic (exact) mass is 257 g/mol. The lowest BCUT2D eigenvalue weighted by Gasteiger charge is -2.23. The molecule has 1 aliphatic rings. The SMILES string of the molecule is CCNC1COCC1C(=O)NC(C(N)=O)C(C)C. The van der Waals surface area contributed by atoms with Gasteiger partial charge >= 0.3 is 0 Å². The van der Waals surface area contributed by atoms with Gasteiger partial charge in [-0.3, -0.25) is 9.59 Å². The van der Waals surface area contributed by atoms with E-state index in [0.29, 0.717) is 13.2 Å². The van der Waals surface area contributed by atoms with Crippen LogP contribution in [0.25, 0.3) is 0 Å². The zero-order valence-electron chi connectivity index (χ0n) is 11.2. The number of carbonyl (C=O) groups is 2. The fourth-order valence-corrected chi connectivity index (χ4v) is 2.10. The van der Waals surface area contributed by atoms with Gasteiger partial charge in [0.1, 0.15) is 6.04 Å². The lowest BCUT2D eigenvalue weighted by atomic mass is 9.99. The van der Waals surface area contributed by atoms with E-state index in [1.54, 1.807) is 0 Å². The number of amides is 2. The second-order valence-corrected chi connectivity index (χ2v) is 4.94. The van der Waals surface area contributed by atoms with E-state index in [0.717, 1.165) is 6.54 Å². The highest BCUT2D eigenvalue weighted by Gasteiger charge is 2.35. The van der Waals surface area contributed by atoms with Crippen LogP contribution < -0.4 is 16.4 Å². The molecule has 6 heteroatoms. The summed E-state index contributed by atoms with van der Waals surface area (Å²) in [7, 11) is 0. The maximum atomic E-state index is 12.1. The molecule has 1 heterocycles. The van der Waals surface area contributed by atoms with Crippen molar-refractivity contribution in [1.82, 2.24) is 10.6 Å². The summed E-state index contributed by atoms with van der Waals surface area (Å²) in [6.45, 7) is 7.36. The average Bonchev–Trinajstić information content (AvgIpc) is 2.73. The third-order valence-electron chi connectivity index (χ3n) is 3.15. The van der Waals surface area contributed by atoms with E-state index in [9.17, 15) is 9.59 Å². The quantitative estimate of drug-likeness (QED) is 0.583. The van der Waals surface area contributed by atoms with Gasteiger partial charge in [-0.15, -0.1) is 0 Å². The van der Waals surface area contributed by atoms with Crippen LogP contribution in [0, 0.1) is 11.8 Å². The maximum Gasteiger partial charge on any atom is 0.240 e. The Bertz CT molecular complexity index is 307. The molecule has 6 nitrogen and oxygen atoms in total. The molecule has 0 aromatic rings. The minimum Gasteiger partial charge on any atom is -0.379 e. The summed E-state index contributed by atoms with van der Waals surface area (Å²) in [5, 5.41) is 5.92. The molecule has 2 amide bonds. The van der Waals surface area contributed by atoms with Gasteiger partial charge in [0.25, 0.3) is 0 Å². The summed E-state index contributed by atoms with van der Waals surface area (Å²) < 4.78 is 5.31. The van der Waals surface area contributed by atoms with Crippen LogP contribution >= 0.6 is 0 Å². The number of hydrogen-bond acceptors (Lipinski definition) is 4. The Hall–Kier alpha value is -1.14. The van der Waals surface area contributed by atoms with Gasteiger partial charge in [0.05, 0.1) is 19.1 Å². The van der Waals surface area contributed by atoms with Crippen LogP contribution in [0.5, 0.6) is 0 Å². The molecule has 0 bridgehead atoms. The Morgan fingerprint density at radius 1 is 1.39 bits per heavy atom. The van der Waals surface area contributed by atoms with Gasteiger partial charge in [0, 0.05) is 6.04 Å². The molecule has 0 aromatic heterocycles. The molecule has 1 fully saturated rings. The Labute approximate surface area is 108 Å². The Kier molecular flexibility index (Phi) is 5.55. The third-order valence-corrected chi connectivity index (χ3v) is 3.15. The molecule has 3 unspecified atom stereocenters. The molecule has 18 heavy (non-hydrogen) atoms. The second kappa shape index (κ2) is 6.70. The highest BCUT2D eigenvalue weighted by molar-refractivity contribution is 5.88. The van der Waals surface area contributed by atoms with Crippen molar-refractivity contribution >= 4 is 11.8 Å². The van der Waals surface area contributed by atoms with Gasteiger partial charge in [-0.25, -0.2) is 0 Å². The number of primary amides is 1. The zero-order chi connectivity index (χ0) is 13.7. The molecule has 4 N–H and O–H groups in total. The molecule has 0 aromatic carbocycles. The van der Waals surface area contributed by atoms with Gasteiger partial charge in [0.15, 0.2) is 0 Å². The standard InChI is InChI=1S/C12H23N3O3/c1-4-14-9-6-18-5-8(9)12(17)15-10(7(2)3)11(13)16/h7-10,14H,4-6H2,1-3H3,(H2,13,16)(H,15,17). The van der Waals surface area contributed by atoms with Gasteiger partial charge in [-0.05, 0) is 12.5 Å². The normalized spacial score (nSPS) is 25.1. The van der Waals surface area contributed by atoms with Crippen molar-refractivity contribution in [3.05, 3.63) is 0 Å². The second-order valence-electron chi connectivity index (χ2n) is 4.94. The summed E-state index contributed by atoms with van der Waals surface area (Å²) in [5.41, 5.74) is 5.28. The first-order valence-corrected chi connectivity index (χ1v) is 6.38. The average molecular weight is 257 g/mol. The summed E-state index contributed by atoms with van der Waals surface area (Å²) in [6, 6.07) is -0.615. The molecule has 0 spiro atoms. The third kappa shape index (κ3) is 3.68. The van der Waals surface area contributed by atoms with Crippen LogP contribution in [0.4, 0.5) is 0 Å². The summed E-state index contributed by atoms with van der Waals surface area (Å²) >= 11 is 0. The van der Waals surface area contributed by atoms with Crippen LogP contribution in [0.2, 0.25) is 0 Å². The summed E-state index contributed by atoms with van der Waals surface area (Å²) in [5.74, 6) is -0.954. The maximum absolute atomic E-state index is 12.1. The first kappa shape index (κ1) is 14.9. The van der Waals surface area contributed by atoms with E-state index in [1.807, 2.05) is 20.8 Å². The molecular formula is C12H23N3O3. The van der Waals surface area contributed by atoms with Gasteiger partial charge in [0.2, 0.25) is 11.8 Å². The first-order chi connectivity index (χ1) is 8.47. The molecule has 1 saturated heterocycles. The number of rotatable bonds is 6. The molecule has 0 radical (unpaired) electrons. The topological polar surface area (TPSA) is 93.4 Å². The highest BCUT2D eigenvalue weighted by Crippen LogP contribution is 2.14. The van der Waals surface area contributed by atoms with Crippen LogP contribution in [0.15, 0.2) is 0 Å². The molecule has 104 valence electrons. The lowest BCUT2D eigenvalue weighted by molar-refractivity contribution is -0.131. The van der Waals surface area contributed by atoms with Crippen LogP contribution in [0.3, 0.4) is 0 Å². The van der Waals surface area contributed by atoms with Crippen LogP contribution in [-0.2, 0) is 14.3 Å². The van der Waals surface area contributed by atoms with Crippen molar-refractivity contribution < 1.29 is 14.3 Å². The summed E-state index contributed by atoms with van der Waals surface area (Å²) in [6.07, 6.45) is 0. The summed E-state index contributed by atoms with van der Waals surface area (Å²) in [4.78, 5) is 23.4. The molecule has 0 saturated carbocycles. The van der Waals surface area contributed by atoms with E-state index >= 15 is 0 Å². The zero-order valence-corrected chi connectivity index (χ0v) is 11.2. The predicted octanol–water partition coefficient (Wildman–Crippen LogP) is -0.763. The minimum atomic E-state index is -0.625. The number of ether oxygens (including phenoxy) is 1. The minimum absolute atomic E-state index is 0.00990. The lowest BCUT2D eigenvalue weighted by Crippen LogP contribution is -2.52. The van der Waals surface area contributed by atoms with Crippen molar-refractivity contribution in [1.29, 1.82) is 0 Å². The Morgan fingerprint density at radius 2 is 2.06 bits per heavy atom.